The maximum absolute atomic E-state index is 12.4. The van der Waals surface area contributed by atoms with E-state index < -0.39 is 10.8 Å². The lowest BCUT2D eigenvalue weighted by atomic mass is 10.1. The molecule has 0 aliphatic heterocycles. The van der Waals surface area contributed by atoms with Crippen LogP contribution in [0.5, 0.6) is 0 Å². The van der Waals surface area contributed by atoms with Crippen molar-refractivity contribution in [1.82, 2.24) is 14.5 Å². The lowest BCUT2D eigenvalue weighted by molar-refractivity contribution is -0.384. The average Bonchev–Trinajstić information content (AvgIpc) is 2.83. The lowest BCUT2D eigenvalue weighted by Crippen LogP contribution is -2.27. The van der Waals surface area contributed by atoms with Crippen molar-refractivity contribution in [3.8, 4) is 0 Å². The average molecular weight is 309 g/mol. The first-order chi connectivity index (χ1) is 9.91. The zero-order valence-electron chi connectivity index (χ0n) is 11.5. The number of hydrogen-bond acceptors (Lipinski definition) is 4. The number of halogens is 1. The fourth-order valence-electron chi connectivity index (χ4n) is 1.86. The van der Waals surface area contributed by atoms with E-state index in [1.54, 1.807) is 24.0 Å². The van der Waals surface area contributed by atoms with Gasteiger partial charge in [-0.05, 0) is 6.07 Å². The Morgan fingerprint density at radius 2 is 2.24 bits per heavy atom. The van der Waals surface area contributed by atoms with Gasteiger partial charge in [0.1, 0.15) is 10.8 Å². The number of hydrogen-bond donors (Lipinski definition) is 0. The highest BCUT2D eigenvalue weighted by molar-refractivity contribution is 6.35. The van der Waals surface area contributed by atoms with E-state index in [-0.39, 0.29) is 22.8 Å². The van der Waals surface area contributed by atoms with Crippen LogP contribution in [0.25, 0.3) is 0 Å². The van der Waals surface area contributed by atoms with Gasteiger partial charge >= 0.3 is 0 Å². The van der Waals surface area contributed by atoms with Gasteiger partial charge in [-0.15, -0.1) is 0 Å². The molecule has 0 N–H and O–H groups in total. The molecule has 1 aromatic heterocycles. The van der Waals surface area contributed by atoms with Crippen molar-refractivity contribution >= 4 is 23.2 Å². The molecule has 0 fully saturated rings. The Labute approximate surface area is 125 Å². The predicted octanol–water partition coefficient (Wildman–Crippen LogP) is 2.25. The number of nitro benzene ring substituents is 1. The number of amides is 1. The van der Waals surface area contributed by atoms with Gasteiger partial charge in [-0.25, -0.2) is 4.98 Å². The number of benzene rings is 1. The zero-order valence-corrected chi connectivity index (χ0v) is 12.2. The van der Waals surface area contributed by atoms with E-state index in [1.165, 1.54) is 23.1 Å². The molecule has 21 heavy (non-hydrogen) atoms. The van der Waals surface area contributed by atoms with E-state index in [9.17, 15) is 14.9 Å². The Morgan fingerprint density at radius 3 is 2.81 bits per heavy atom. The molecular weight excluding hydrogens is 296 g/mol. The van der Waals surface area contributed by atoms with Crippen molar-refractivity contribution in [2.24, 2.45) is 7.05 Å². The van der Waals surface area contributed by atoms with Crippen molar-refractivity contribution in [1.29, 1.82) is 0 Å². The van der Waals surface area contributed by atoms with Crippen LogP contribution in [0.2, 0.25) is 5.02 Å². The van der Waals surface area contributed by atoms with Crippen molar-refractivity contribution in [2.75, 3.05) is 7.05 Å². The van der Waals surface area contributed by atoms with Crippen LogP contribution in [0.4, 0.5) is 5.69 Å². The molecule has 0 aliphatic rings. The molecule has 0 spiro atoms. The van der Waals surface area contributed by atoms with Crippen molar-refractivity contribution in [3.05, 3.63) is 57.1 Å². The molecule has 2 aromatic rings. The van der Waals surface area contributed by atoms with Crippen molar-refractivity contribution in [2.45, 2.75) is 6.54 Å². The van der Waals surface area contributed by atoms with Gasteiger partial charge in [-0.1, -0.05) is 17.7 Å². The Morgan fingerprint density at radius 1 is 1.52 bits per heavy atom. The molecule has 0 aliphatic carbocycles. The van der Waals surface area contributed by atoms with E-state index in [4.69, 9.17) is 11.6 Å². The summed E-state index contributed by atoms with van der Waals surface area (Å²) >= 11 is 5.95. The molecule has 0 saturated carbocycles. The normalized spacial score (nSPS) is 10.4. The molecule has 110 valence electrons. The third-order valence-corrected chi connectivity index (χ3v) is 3.45. The number of carbonyl (C=O) groups is 1. The molecular formula is C13H13ClN4O3. The van der Waals surface area contributed by atoms with Gasteiger partial charge in [-0.2, -0.15) is 0 Å². The molecule has 2 rings (SSSR count). The summed E-state index contributed by atoms with van der Waals surface area (Å²) in [5, 5.41) is 10.7. The van der Waals surface area contributed by atoms with Crippen LogP contribution in [0.3, 0.4) is 0 Å². The number of rotatable bonds is 4. The molecule has 7 nitrogen and oxygen atoms in total. The van der Waals surface area contributed by atoms with E-state index in [2.05, 4.69) is 4.98 Å². The molecule has 0 unspecified atom stereocenters. The summed E-state index contributed by atoms with van der Waals surface area (Å²) in [7, 11) is 3.41. The second-order valence-electron chi connectivity index (χ2n) is 4.51. The van der Waals surface area contributed by atoms with Gasteiger partial charge in [0.25, 0.3) is 11.6 Å². The number of imidazole rings is 1. The number of aromatic nitrogens is 2. The van der Waals surface area contributed by atoms with Gasteiger partial charge in [0.15, 0.2) is 0 Å². The number of nitro groups is 1. The highest BCUT2D eigenvalue weighted by atomic mass is 35.5. The summed E-state index contributed by atoms with van der Waals surface area (Å²) in [6.07, 6.45) is 3.40. The summed E-state index contributed by atoms with van der Waals surface area (Å²) in [5.41, 5.74) is -0.185. The van der Waals surface area contributed by atoms with Gasteiger partial charge < -0.3 is 9.47 Å². The lowest BCUT2D eigenvalue weighted by Gasteiger charge is -2.17. The molecule has 1 amide bonds. The Hall–Kier alpha value is -2.41. The topological polar surface area (TPSA) is 81.3 Å². The van der Waals surface area contributed by atoms with Crippen LogP contribution in [0.15, 0.2) is 30.6 Å². The van der Waals surface area contributed by atoms with Crippen LogP contribution >= 0.6 is 11.6 Å². The first-order valence-corrected chi connectivity index (χ1v) is 6.44. The number of nitrogens with zero attached hydrogens (tertiary/aromatic N) is 4. The molecule has 0 saturated heterocycles. The van der Waals surface area contributed by atoms with Gasteiger partial charge in [0, 0.05) is 32.6 Å². The first kappa shape index (κ1) is 15.0. The largest absolute Gasteiger partial charge is 0.337 e. The van der Waals surface area contributed by atoms with Gasteiger partial charge in [-0.3, -0.25) is 14.9 Å². The van der Waals surface area contributed by atoms with E-state index in [1.807, 2.05) is 7.05 Å². The fourth-order valence-corrected chi connectivity index (χ4v) is 2.14. The monoisotopic (exact) mass is 308 g/mol. The summed E-state index contributed by atoms with van der Waals surface area (Å²) in [5.74, 6) is 0.305. The highest BCUT2D eigenvalue weighted by Gasteiger charge is 2.22. The van der Waals surface area contributed by atoms with E-state index in [0.29, 0.717) is 5.82 Å². The molecule has 0 atom stereocenters. The van der Waals surface area contributed by atoms with Crippen LogP contribution in [0, 0.1) is 10.1 Å². The second kappa shape index (κ2) is 5.92. The number of aryl methyl sites for hydroxylation is 1. The standard InChI is InChI=1S/C13H13ClN4O3/c1-16-7-6-15-11(16)8-17(2)13(19)9-4-3-5-10(12(9)14)18(20)21/h3-7H,8H2,1-2H3. The number of carbonyl (C=O) groups excluding carboxylic acids is 1. The molecule has 1 aromatic carbocycles. The fraction of sp³-hybridized carbons (Fsp3) is 0.231. The zero-order chi connectivity index (χ0) is 15.6. The minimum Gasteiger partial charge on any atom is -0.337 e. The highest BCUT2D eigenvalue weighted by Crippen LogP contribution is 2.28. The van der Waals surface area contributed by atoms with E-state index >= 15 is 0 Å². The third kappa shape index (κ3) is 3.03. The van der Waals surface area contributed by atoms with Crippen LogP contribution < -0.4 is 0 Å². The first-order valence-electron chi connectivity index (χ1n) is 6.06. The summed E-state index contributed by atoms with van der Waals surface area (Å²) < 4.78 is 1.79. The van der Waals surface area contributed by atoms with Crippen LogP contribution in [-0.2, 0) is 13.6 Å². The minimum atomic E-state index is -0.613. The van der Waals surface area contributed by atoms with Crippen molar-refractivity contribution in [3.63, 3.8) is 0 Å². The van der Waals surface area contributed by atoms with Gasteiger partial charge in [0.05, 0.1) is 17.0 Å². The van der Waals surface area contributed by atoms with E-state index in [0.717, 1.165) is 0 Å². The Balaban J connectivity index is 2.26. The summed E-state index contributed by atoms with van der Waals surface area (Å²) in [6, 6.07) is 4.16. The molecule has 0 bridgehead atoms. The molecule has 0 radical (unpaired) electrons. The van der Waals surface area contributed by atoms with Crippen LogP contribution in [-0.4, -0.2) is 32.3 Å². The summed E-state index contributed by atoms with van der Waals surface area (Å²) in [6.45, 7) is 0.279. The predicted molar refractivity (Wildman–Crippen MR) is 77.1 cm³/mol. The maximum atomic E-state index is 12.4. The SMILES string of the molecule is CN(Cc1nccn1C)C(=O)c1cccc([N+](=O)[O-])c1Cl. The Bertz CT molecular complexity index is 698. The summed E-state index contributed by atoms with van der Waals surface area (Å²) in [4.78, 5) is 28.1. The smallest absolute Gasteiger partial charge is 0.288 e. The molecule has 1 heterocycles. The quantitative estimate of drug-likeness (QED) is 0.641. The molecule has 8 heteroatoms. The van der Waals surface area contributed by atoms with Gasteiger partial charge in [0.2, 0.25) is 0 Å². The van der Waals surface area contributed by atoms with Crippen LogP contribution in [0.1, 0.15) is 16.2 Å². The van der Waals surface area contributed by atoms with Crippen molar-refractivity contribution < 1.29 is 9.72 Å². The third-order valence-electron chi connectivity index (χ3n) is 3.05. The second-order valence-corrected chi connectivity index (χ2v) is 4.89. The maximum Gasteiger partial charge on any atom is 0.288 e. The minimum absolute atomic E-state index is 0.0996. The Kier molecular flexibility index (Phi) is 4.23.